The fraction of sp³-hybridized carbons (Fsp3) is 0.0417. The van der Waals surface area contributed by atoms with Crippen molar-refractivity contribution in [3.63, 3.8) is 0 Å². The monoisotopic (exact) mass is 417 g/mol. The number of hydrogen-bond acceptors (Lipinski definition) is 4. The molecule has 1 aromatic heterocycles. The second kappa shape index (κ2) is 9.13. The van der Waals surface area contributed by atoms with Gasteiger partial charge in [-0.15, -0.1) is 5.10 Å². The van der Waals surface area contributed by atoms with E-state index < -0.39 is 18.1 Å². The standard InChI is InChI=1S/C24H17F2N3O2/c25-23(26)22-20(16-29(28-22)31-24(30)19-14-8-3-9-15-19)27-21(17-10-4-1-5-11-17)18-12-6-2-7-13-18/h1-16,23H. The minimum absolute atomic E-state index is 0.0847. The van der Waals surface area contributed by atoms with Crippen molar-refractivity contribution in [3.8, 4) is 0 Å². The molecule has 0 aliphatic heterocycles. The Hall–Kier alpha value is -4.13. The molecule has 5 nitrogen and oxygen atoms in total. The summed E-state index contributed by atoms with van der Waals surface area (Å²) in [4.78, 5) is 22.6. The van der Waals surface area contributed by atoms with Crippen LogP contribution in [-0.2, 0) is 0 Å². The van der Waals surface area contributed by atoms with Gasteiger partial charge in [-0.1, -0.05) is 83.7 Å². The van der Waals surface area contributed by atoms with E-state index >= 15 is 0 Å². The zero-order chi connectivity index (χ0) is 21.6. The zero-order valence-corrected chi connectivity index (χ0v) is 16.2. The highest BCUT2D eigenvalue weighted by atomic mass is 19.3. The minimum atomic E-state index is -2.90. The van der Waals surface area contributed by atoms with Gasteiger partial charge in [0.1, 0.15) is 5.69 Å². The fourth-order valence-corrected chi connectivity index (χ4v) is 2.97. The molecule has 3 aromatic carbocycles. The largest absolute Gasteiger partial charge is 0.365 e. The number of aromatic nitrogens is 2. The van der Waals surface area contributed by atoms with E-state index in [0.29, 0.717) is 5.71 Å². The summed E-state index contributed by atoms with van der Waals surface area (Å²) in [5.74, 6) is -0.717. The van der Waals surface area contributed by atoms with E-state index in [1.165, 1.54) is 6.20 Å². The summed E-state index contributed by atoms with van der Waals surface area (Å²) in [5.41, 5.74) is 1.61. The number of aliphatic imine (C=N–C) groups is 1. The molecule has 0 N–H and O–H groups in total. The van der Waals surface area contributed by atoms with Crippen molar-refractivity contribution in [2.24, 2.45) is 4.99 Å². The van der Waals surface area contributed by atoms with E-state index in [-0.39, 0.29) is 11.3 Å². The van der Waals surface area contributed by atoms with Gasteiger partial charge in [0.2, 0.25) is 0 Å². The van der Waals surface area contributed by atoms with Crippen LogP contribution in [0, 0.1) is 0 Å². The summed E-state index contributed by atoms with van der Waals surface area (Å²) in [6.07, 6.45) is -1.72. The number of hydrogen-bond donors (Lipinski definition) is 0. The van der Waals surface area contributed by atoms with Crippen LogP contribution in [0.1, 0.15) is 33.6 Å². The lowest BCUT2D eigenvalue weighted by Crippen LogP contribution is -2.20. The minimum Gasteiger partial charge on any atom is -0.314 e. The number of benzene rings is 3. The second-order valence-electron chi connectivity index (χ2n) is 6.54. The number of carbonyl (C=O) groups is 1. The lowest BCUT2D eigenvalue weighted by Gasteiger charge is -2.07. The smallest absolute Gasteiger partial charge is 0.314 e. The Balaban J connectivity index is 1.74. The molecule has 0 spiro atoms. The van der Waals surface area contributed by atoms with Gasteiger partial charge < -0.3 is 4.84 Å². The Morgan fingerprint density at radius 3 is 1.77 bits per heavy atom. The van der Waals surface area contributed by atoms with Crippen molar-refractivity contribution in [1.29, 1.82) is 0 Å². The van der Waals surface area contributed by atoms with E-state index in [1.807, 2.05) is 60.7 Å². The first-order chi connectivity index (χ1) is 15.1. The van der Waals surface area contributed by atoms with Crippen LogP contribution in [0.3, 0.4) is 0 Å². The molecule has 31 heavy (non-hydrogen) atoms. The van der Waals surface area contributed by atoms with E-state index in [0.717, 1.165) is 16.0 Å². The van der Waals surface area contributed by atoms with Gasteiger partial charge in [0.25, 0.3) is 6.43 Å². The fourth-order valence-electron chi connectivity index (χ4n) is 2.97. The number of halogens is 2. The summed E-state index contributed by atoms with van der Waals surface area (Å²) < 4.78 is 27.3. The van der Waals surface area contributed by atoms with Crippen molar-refractivity contribution < 1.29 is 18.4 Å². The van der Waals surface area contributed by atoms with Gasteiger partial charge in [-0.3, -0.25) is 0 Å². The maximum Gasteiger partial charge on any atom is 0.365 e. The molecule has 4 rings (SSSR count). The molecule has 0 aliphatic carbocycles. The Kier molecular flexibility index (Phi) is 5.93. The van der Waals surface area contributed by atoms with Crippen LogP contribution in [0.2, 0.25) is 0 Å². The molecular formula is C24H17F2N3O2. The third kappa shape index (κ3) is 4.72. The molecule has 0 saturated heterocycles. The highest BCUT2D eigenvalue weighted by Gasteiger charge is 2.21. The van der Waals surface area contributed by atoms with Crippen LogP contribution < -0.4 is 4.84 Å². The van der Waals surface area contributed by atoms with E-state index in [1.54, 1.807) is 30.3 Å². The van der Waals surface area contributed by atoms with Crippen molar-refractivity contribution in [1.82, 2.24) is 9.94 Å². The maximum absolute atomic E-state index is 13.7. The molecular weight excluding hydrogens is 400 g/mol. The third-order valence-electron chi connectivity index (χ3n) is 4.42. The average molecular weight is 417 g/mol. The first-order valence-corrected chi connectivity index (χ1v) is 9.47. The highest BCUT2D eigenvalue weighted by Crippen LogP contribution is 2.29. The van der Waals surface area contributed by atoms with Crippen LogP contribution in [-0.4, -0.2) is 21.6 Å². The molecule has 0 atom stereocenters. The maximum atomic E-state index is 13.7. The lowest BCUT2D eigenvalue weighted by molar-refractivity contribution is 0.0380. The first-order valence-electron chi connectivity index (χ1n) is 9.47. The number of nitrogens with zero attached hydrogens (tertiary/aromatic N) is 3. The van der Waals surface area contributed by atoms with Gasteiger partial charge in [0, 0.05) is 11.1 Å². The predicted molar refractivity (Wildman–Crippen MR) is 113 cm³/mol. The molecule has 7 heteroatoms. The van der Waals surface area contributed by atoms with Crippen molar-refractivity contribution in [2.75, 3.05) is 0 Å². The molecule has 0 saturated carbocycles. The number of rotatable bonds is 6. The van der Waals surface area contributed by atoms with Crippen LogP contribution in [0.25, 0.3) is 0 Å². The molecule has 0 aliphatic rings. The van der Waals surface area contributed by atoms with Gasteiger partial charge in [0.15, 0.2) is 5.69 Å². The molecule has 4 aromatic rings. The Morgan fingerprint density at radius 1 is 0.806 bits per heavy atom. The Morgan fingerprint density at radius 2 is 1.29 bits per heavy atom. The molecule has 0 fully saturated rings. The summed E-state index contributed by atoms with van der Waals surface area (Å²) in [7, 11) is 0. The summed E-state index contributed by atoms with van der Waals surface area (Å²) >= 11 is 0. The number of alkyl halides is 2. The summed E-state index contributed by atoms with van der Waals surface area (Å²) in [5, 5.41) is 3.73. The summed E-state index contributed by atoms with van der Waals surface area (Å²) in [6, 6.07) is 26.7. The molecule has 1 heterocycles. The van der Waals surface area contributed by atoms with E-state index in [2.05, 4.69) is 10.1 Å². The summed E-state index contributed by atoms with van der Waals surface area (Å²) in [6.45, 7) is 0. The molecule has 154 valence electrons. The predicted octanol–water partition coefficient (Wildman–Crippen LogP) is 5.26. The Labute approximate surface area is 177 Å². The van der Waals surface area contributed by atoms with Crippen molar-refractivity contribution in [2.45, 2.75) is 6.43 Å². The van der Waals surface area contributed by atoms with Crippen LogP contribution in [0.15, 0.2) is 102 Å². The normalized spacial score (nSPS) is 10.7. The van der Waals surface area contributed by atoms with E-state index in [9.17, 15) is 13.6 Å². The van der Waals surface area contributed by atoms with E-state index in [4.69, 9.17) is 4.84 Å². The SMILES string of the molecule is O=C(On1cc(N=C(c2ccccc2)c2ccccc2)c(C(F)F)n1)c1ccccc1. The topological polar surface area (TPSA) is 56.5 Å². The zero-order valence-electron chi connectivity index (χ0n) is 16.2. The molecule has 0 radical (unpaired) electrons. The van der Waals surface area contributed by atoms with Gasteiger partial charge in [0.05, 0.1) is 17.5 Å². The highest BCUT2D eigenvalue weighted by molar-refractivity contribution is 6.14. The lowest BCUT2D eigenvalue weighted by atomic mass is 10.0. The molecule has 0 amide bonds. The third-order valence-corrected chi connectivity index (χ3v) is 4.42. The van der Waals surface area contributed by atoms with Gasteiger partial charge in [-0.25, -0.2) is 18.6 Å². The molecule has 0 unspecified atom stereocenters. The van der Waals surface area contributed by atoms with Gasteiger partial charge in [-0.05, 0) is 12.1 Å². The van der Waals surface area contributed by atoms with Crippen LogP contribution in [0.4, 0.5) is 14.5 Å². The number of carbonyl (C=O) groups excluding carboxylic acids is 1. The quantitative estimate of drug-likeness (QED) is 0.402. The van der Waals surface area contributed by atoms with Gasteiger partial charge in [-0.2, -0.15) is 0 Å². The average Bonchev–Trinajstić information content (AvgIpc) is 3.22. The Bertz CT molecular complexity index is 1150. The van der Waals surface area contributed by atoms with Crippen LogP contribution >= 0.6 is 0 Å². The van der Waals surface area contributed by atoms with Crippen molar-refractivity contribution in [3.05, 3.63) is 120 Å². The molecule has 0 bridgehead atoms. The van der Waals surface area contributed by atoms with Crippen LogP contribution in [0.5, 0.6) is 0 Å². The second-order valence-corrected chi connectivity index (χ2v) is 6.54. The van der Waals surface area contributed by atoms with Crippen molar-refractivity contribution >= 4 is 17.4 Å². The van der Waals surface area contributed by atoms with Gasteiger partial charge >= 0.3 is 5.97 Å². The first kappa shape index (κ1) is 20.2.